The number of nitrogens with two attached hydrogens (primary N) is 1. The molecule has 3 unspecified atom stereocenters. The number of rotatable bonds is 7. The van der Waals surface area contributed by atoms with E-state index in [1.54, 1.807) is 29.2 Å². The highest BCUT2D eigenvalue weighted by molar-refractivity contribution is 6.31. The Labute approximate surface area is 207 Å². The minimum atomic E-state index is -1.18. The number of nitriles is 1. The van der Waals surface area contributed by atoms with Crippen LogP contribution in [0.4, 0.5) is 5.69 Å². The number of carboxylic acid groups (broad SMARTS) is 1. The van der Waals surface area contributed by atoms with Gasteiger partial charge in [0.15, 0.2) is 5.75 Å². The Balaban J connectivity index is 1.50. The van der Waals surface area contributed by atoms with Gasteiger partial charge in [-0.05, 0) is 42.3 Å². The second-order valence-electron chi connectivity index (χ2n) is 8.44. The Morgan fingerprint density at radius 3 is 2.86 bits per heavy atom. The summed E-state index contributed by atoms with van der Waals surface area (Å²) in [4.78, 5) is 26.4. The number of halogens is 1. The van der Waals surface area contributed by atoms with E-state index < -0.39 is 5.97 Å². The molecule has 1 amide bonds. The second kappa shape index (κ2) is 10.4. The number of fused-ring (bicyclic) bond motifs is 1. The highest BCUT2D eigenvalue weighted by atomic mass is 35.5. The van der Waals surface area contributed by atoms with Gasteiger partial charge in [0.2, 0.25) is 5.91 Å². The number of nitrogens with one attached hydrogen (secondary N) is 2. The Bertz CT molecular complexity index is 1180. The average molecular weight is 500 g/mol. The van der Waals surface area contributed by atoms with Crippen LogP contribution in [0.25, 0.3) is 11.1 Å². The molecule has 2 aromatic rings. The summed E-state index contributed by atoms with van der Waals surface area (Å²) < 4.78 is 11.2. The van der Waals surface area contributed by atoms with Crippen LogP contribution in [0.15, 0.2) is 30.3 Å². The molecule has 2 heterocycles. The monoisotopic (exact) mass is 499 g/mol. The van der Waals surface area contributed by atoms with Gasteiger partial charge in [0.25, 0.3) is 0 Å². The van der Waals surface area contributed by atoms with E-state index in [-0.39, 0.29) is 47.5 Å². The van der Waals surface area contributed by atoms with Gasteiger partial charge < -0.3 is 30.5 Å². The van der Waals surface area contributed by atoms with Crippen LogP contribution in [0.2, 0.25) is 5.02 Å². The lowest BCUT2D eigenvalue weighted by molar-refractivity contribution is -0.142. The topological polar surface area (TPSA) is 150 Å². The number of piperidine rings is 1. The summed E-state index contributed by atoms with van der Waals surface area (Å²) in [6, 6.07) is 9.95. The number of benzene rings is 2. The molecule has 2 saturated heterocycles. The molecule has 35 heavy (non-hydrogen) atoms. The summed E-state index contributed by atoms with van der Waals surface area (Å²) in [6.45, 7) is 1.52. The van der Waals surface area contributed by atoms with E-state index in [0.717, 1.165) is 0 Å². The van der Waals surface area contributed by atoms with Gasteiger partial charge in [-0.1, -0.05) is 11.6 Å². The Hall–Kier alpha value is -3.52. The van der Waals surface area contributed by atoms with E-state index in [1.165, 1.54) is 13.2 Å². The van der Waals surface area contributed by atoms with E-state index in [9.17, 15) is 20.0 Å². The lowest BCUT2D eigenvalue weighted by atomic mass is 9.86. The number of amides is 1. The molecular formula is C24H26ClN5O5. The Kier molecular flexibility index (Phi) is 7.31. The molecule has 0 spiro atoms. The predicted octanol–water partition coefficient (Wildman–Crippen LogP) is 1.93. The normalized spacial score (nSPS) is 21.7. The van der Waals surface area contributed by atoms with E-state index in [2.05, 4.69) is 16.7 Å². The second-order valence-corrected chi connectivity index (χ2v) is 8.88. The van der Waals surface area contributed by atoms with Crippen molar-refractivity contribution in [1.29, 1.82) is 5.26 Å². The van der Waals surface area contributed by atoms with E-state index in [1.807, 2.05) is 0 Å². The maximum atomic E-state index is 13.0. The third-order valence-corrected chi connectivity index (χ3v) is 6.55. The maximum absolute atomic E-state index is 13.0. The van der Waals surface area contributed by atoms with Crippen molar-refractivity contribution < 1.29 is 24.2 Å². The molecule has 184 valence electrons. The van der Waals surface area contributed by atoms with Crippen LogP contribution in [-0.2, 0) is 4.79 Å². The minimum Gasteiger partial charge on any atom is -0.494 e. The van der Waals surface area contributed by atoms with Crippen LogP contribution < -0.4 is 25.8 Å². The first-order chi connectivity index (χ1) is 16.8. The summed E-state index contributed by atoms with van der Waals surface area (Å²) in [5.74, 6) is -0.874. The number of nitrogens with zero attached hydrogens (tertiary/aromatic N) is 2. The summed E-state index contributed by atoms with van der Waals surface area (Å²) >= 11 is 6.21. The highest BCUT2D eigenvalue weighted by Crippen LogP contribution is 2.38. The number of nitrogen functional groups attached to an aromatic ring is 1. The number of ether oxygens (including phenoxy) is 2. The summed E-state index contributed by atoms with van der Waals surface area (Å²) in [5, 5.41) is 25.7. The van der Waals surface area contributed by atoms with Gasteiger partial charge in [-0.2, -0.15) is 5.26 Å². The summed E-state index contributed by atoms with van der Waals surface area (Å²) in [6.07, 6.45) is 0.469. The number of hydrogen-bond donors (Lipinski definition) is 4. The van der Waals surface area contributed by atoms with Crippen LogP contribution in [-0.4, -0.2) is 67.4 Å². The van der Waals surface area contributed by atoms with Crippen molar-refractivity contribution in [1.82, 2.24) is 15.5 Å². The van der Waals surface area contributed by atoms with Crippen LogP contribution in [0.5, 0.6) is 11.5 Å². The van der Waals surface area contributed by atoms with Crippen molar-refractivity contribution in [3.05, 3.63) is 40.9 Å². The molecule has 0 aliphatic carbocycles. The van der Waals surface area contributed by atoms with Gasteiger partial charge in [-0.15, -0.1) is 0 Å². The largest absolute Gasteiger partial charge is 0.494 e. The molecule has 2 aliphatic rings. The van der Waals surface area contributed by atoms with Crippen molar-refractivity contribution >= 4 is 29.2 Å². The van der Waals surface area contributed by atoms with E-state index in [4.69, 9.17) is 26.8 Å². The first kappa shape index (κ1) is 24.6. The number of carboxylic acids is 1. The van der Waals surface area contributed by atoms with Gasteiger partial charge in [0.1, 0.15) is 17.9 Å². The molecule has 0 aromatic heterocycles. The Morgan fingerprint density at radius 1 is 1.34 bits per heavy atom. The molecule has 2 fully saturated rings. The number of methoxy groups -OCH3 is 1. The fraction of sp³-hybridized carbons (Fsp3) is 0.375. The van der Waals surface area contributed by atoms with Crippen molar-refractivity contribution in [2.45, 2.75) is 18.5 Å². The molecule has 0 saturated carbocycles. The van der Waals surface area contributed by atoms with Crippen molar-refractivity contribution in [3.63, 3.8) is 0 Å². The molecule has 3 atom stereocenters. The Morgan fingerprint density at radius 2 is 2.14 bits per heavy atom. The van der Waals surface area contributed by atoms with Crippen LogP contribution in [0.3, 0.4) is 0 Å². The van der Waals surface area contributed by atoms with Gasteiger partial charge in [0, 0.05) is 23.2 Å². The molecule has 4 rings (SSSR count). The van der Waals surface area contributed by atoms with Gasteiger partial charge in [-0.25, -0.2) is 4.79 Å². The molecule has 11 heteroatoms. The number of carbonyl (C=O) groups excluding carboxylic acids is 1. The number of hydrogen-bond acceptors (Lipinski definition) is 8. The zero-order chi connectivity index (χ0) is 25.1. The molecular weight excluding hydrogens is 474 g/mol. The smallest absolute Gasteiger partial charge is 0.339 e. The van der Waals surface area contributed by atoms with Crippen molar-refractivity contribution in [2.75, 3.05) is 39.2 Å². The zero-order valence-corrected chi connectivity index (χ0v) is 19.8. The van der Waals surface area contributed by atoms with Gasteiger partial charge in [0.05, 0.1) is 44.0 Å². The zero-order valence-electron chi connectivity index (χ0n) is 19.1. The fourth-order valence-corrected chi connectivity index (χ4v) is 4.71. The first-order valence-corrected chi connectivity index (χ1v) is 11.5. The van der Waals surface area contributed by atoms with Crippen LogP contribution in [0, 0.1) is 17.2 Å². The molecule has 0 radical (unpaired) electrons. The molecule has 5 N–H and O–H groups in total. The average Bonchev–Trinajstić information content (AvgIpc) is 2.85. The predicted molar refractivity (Wildman–Crippen MR) is 129 cm³/mol. The number of aromatic carboxylic acids is 1. The highest BCUT2D eigenvalue weighted by Gasteiger charge is 2.40. The third kappa shape index (κ3) is 5.12. The molecule has 0 bridgehead atoms. The summed E-state index contributed by atoms with van der Waals surface area (Å²) in [5.41, 5.74) is 7.21. The quantitative estimate of drug-likeness (QED) is 0.419. The first-order valence-electron chi connectivity index (χ1n) is 11.1. The van der Waals surface area contributed by atoms with Crippen LogP contribution in [0.1, 0.15) is 16.8 Å². The number of carbonyl (C=O) groups is 2. The van der Waals surface area contributed by atoms with Gasteiger partial charge >= 0.3 is 5.97 Å². The summed E-state index contributed by atoms with van der Waals surface area (Å²) in [7, 11) is 1.36. The lowest BCUT2D eigenvalue weighted by Crippen LogP contribution is -2.64. The SMILES string of the molecule is COc1c(N)cc(-c2cc(Cl)ccc2OCCN2CNC3CNC(C#N)CC3C2=O)cc1C(=O)O. The van der Waals surface area contributed by atoms with E-state index in [0.29, 0.717) is 48.1 Å². The third-order valence-electron chi connectivity index (χ3n) is 6.31. The number of anilines is 1. The standard InChI is InChI=1S/C24H26ClN5O5/c1-34-22-18(24(32)33)6-13(7-19(22)27)16-8-14(25)2-3-21(16)35-5-4-30-12-29-20-11-28-15(10-26)9-17(20)23(30)31/h2-3,6-8,15,17,20,28-29H,4-5,9,11-12,27H2,1H3,(H,32,33). The van der Waals surface area contributed by atoms with E-state index >= 15 is 0 Å². The fourth-order valence-electron chi connectivity index (χ4n) is 4.54. The molecule has 10 nitrogen and oxygen atoms in total. The minimum absolute atomic E-state index is 0.00413. The van der Waals surface area contributed by atoms with Crippen molar-refractivity contribution in [2.24, 2.45) is 5.92 Å². The molecule has 2 aromatic carbocycles. The lowest BCUT2D eigenvalue weighted by Gasteiger charge is -2.42. The van der Waals surface area contributed by atoms with Crippen molar-refractivity contribution in [3.8, 4) is 28.7 Å². The molecule has 2 aliphatic heterocycles. The van der Waals surface area contributed by atoms with Crippen LogP contribution >= 0.6 is 11.6 Å². The van der Waals surface area contributed by atoms with Gasteiger partial charge in [-0.3, -0.25) is 10.1 Å². The maximum Gasteiger partial charge on any atom is 0.339 e.